The van der Waals surface area contributed by atoms with Crippen molar-refractivity contribution in [3.63, 3.8) is 0 Å². The lowest BCUT2D eigenvalue weighted by molar-refractivity contribution is -0.130. The van der Waals surface area contributed by atoms with Crippen molar-refractivity contribution in [2.75, 3.05) is 11.9 Å². The third-order valence-electron chi connectivity index (χ3n) is 4.12. The van der Waals surface area contributed by atoms with E-state index in [2.05, 4.69) is 12.2 Å². The van der Waals surface area contributed by atoms with E-state index in [1.807, 2.05) is 11.0 Å². The van der Waals surface area contributed by atoms with Gasteiger partial charge in [0.25, 0.3) is 0 Å². The molecule has 2 aliphatic rings. The van der Waals surface area contributed by atoms with E-state index < -0.39 is 5.97 Å². The zero-order valence-electron chi connectivity index (χ0n) is 11.4. The Labute approximate surface area is 117 Å². The number of aromatic carboxylic acids is 1. The minimum Gasteiger partial charge on any atom is -0.478 e. The summed E-state index contributed by atoms with van der Waals surface area (Å²) in [4.78, 5) is 25.0. The van der Waals surface area contributed by atoms with Crippen LogP contribution in [0.4, 0.5) is 5.69 Å². The molecule has 1 aromatic carbocycles. The number of carbonyl (C=O) groups excluding carboxylic acids is 1. The molecule has 5 nitrogen and oxygen atoms in total. The second kappa shape index (κ2) is 4.81. The average molecular weight is 274 g/mol. The molecule has 3 rings (SSSR count). The number of likely N-dealkylation sites (tertiary alicyclic amines) is 1. The van der Waals surface area contributed by atoms with E-state index in [-0.39, 0.29) is 23.6 Å². The van der Waals surface area contributed by atoms with Gasteiger partial charge in [0.1, 0.15) is 0 Å². The van der Waals surface area contributed by atoms with Crippen LogP contribution in [0.5, 0.6) is 0 Å². The second-order valence-electron chi connectivity index (χ2n) is 5.59. The van der Waals surface area contributed by atoms with Gasteiger partial charge in [-0.25, -0.2) is 4.79 Å². The third kappa shape index (κ3) is 2.13. The topological polar surface area (TPSA) is 69.6 Å². The molecule has 5 heteroatoms. The molecule has 2 aliphatic heterocycles. The zero-order valence-corrected chi connectivity index (χ0v) is 11.4. The van der Waals surface area contributed by atoms with Gasteiger partial charge in [0.05, 0.1) is 11.6 Å². The van der Waals surface area contributed by atoms with Gasteiger partial charge in [-0.2, -0.15) is 0 Å². The minimum absolute atomic E-state index is 0.00412. The van der Waals surface area contributed by atoms with Gasteiger partial charge in [0.15, 0.2) is 0 Å². The van der Waals surface area contributed by atoms with Gasteiger partial charge in [0.2, 0.25) is 5.91 Å². The molecule has 0 saturated carbocycles. The van der Waals surface area contributed by atoms with Crippen LogP contribution in [0.25, 0.3) is 0 Å². The van der Waals surface area contributed by atoms with Gasteiger partial charge in [-0.05, 0) is 43.5 Å². The molecule has 2 heterocycles. The summed E-state index contributed by atoms with van der Waals surface area (Å²) in [6.07, 6.45) is 2.32. The van der Waals surface area contributed by atoms with Crippen molar-refractivity contribution >= 4 is 17.6 Å². The number of nitrogens with one attached hydrogen (secondary N) is 1. The van der Waals surface area contributed by atoms with Crippen LogP contribution in [0.15, 0.2) is 18.2 Å². The van der Waals surface area contributed by atoms with Crippen LogP contribution < -0.4 is 5.32 Å². The Balaban J connectivity index is 2.02. The molecular weight excluding hydrogens is 256 g/mol. The monoisotopic (exact) mass is 274 g/mol. The van der Waals surface area contributed by atoms with Gasteiger partial charge in [-0.15, -0.1) is 0 Å². The molecule has 0 bridgehead atoms. The lowest BCUT2D eigenvalue weighted by Crippen LogP contribution is -2.37. The molecule has 0 unspecified atom stereocenters. The number of benzene rings is 1. The van der Waals surface area contributed by atoms with Crippen LogP contribution in [0.2, 0.25) is 0 Å². The summed E-state index contributed by atoms with van der Waals surface area (Å²) in [7, 11) is 0. The van der Waals surface area contributed by atoms with Gasteiger partial charge >= 0.3 is 5.97 Å². The highest BCUT2D eigenvalue weighted by molar-refractivity contribution is 5.89. The van der Waals surface area contributed by atoms with E-state index in [4.69, 9.17) is 5.11 Å². The fourth-order valence-corrected chi connectivity index (χ4v) is 3.18. The molecule has 0 aliphatic carbocycles. The number of rotatable bonds is 2. The maximum atomic E-state index is 12.0. The Bertz CT molecular complexity index is 570. The summed E-state index contributed by atoms with van der Waals surface area (Å²) < 4.78 is 0. The molecule has 2 N–H and O–H groups in total. The SMILES string of the molecule is C[C@@H]1C[C@H](N2CCCC2=O)c2cc(C(=O)O)ccc2N1. The van der Waals surface area contributed by atoms with Crippen molar-refractivity contribution in [3.05, 3.63) is 29.3 Å². The summed E-state index contributed by atoms with van der Waals surface area (Å²) >= 11 is 0. The third-order valence-corrected chi connectivity index (χ3v) is 4.12. The van der Waals surface area contributed by atoms with Gasteiger partial charge < -0.3 is 15.3 Å². The largest absolute Gasteiger partial charge is 0.478 e. The maximum absolute atomic E-state index is 12.0. The first-order valence-corrected chi connectivity index (χ1v) is 6.99. The number of carboxylic acids is 1. The van der Waals surface area contributed by atoms with E-state index >= 15 is 0 Å². The Morgan fingerprint density at radius 1 is 1.45 bits per heavy atom. The van der Waals surface area contributed by atoms with Crippen molar-refractivity contribution in [2.24, 2.45) is 0 Å². The summed E-state index contributed by atoms with van der Waals surface area (Å²) in [5.41, 5.74) is 2.15. The Hall–Kier alpha value is -2.04. The van der Waals surface area contributed by atoms with Crippen LogP contribution in [0.1, 0.15) is 48.1 Å². The summed E-state index contributed by atoms with van der Waals surface area (Å²) in [6, 6.07) is 5.39. The summed E-state index contributed by atoms with van der Waals surface area (Å²) in [6.45, 7) is 2.86. The first-order valence-electron chi connectivity index (χ1n) is 6.99. The molecule has 0 spiro atoms. The number of anilines is 1. The molecule has 1 fully saturated rings. The summed E-state index contributed by atoms with van der Waals surface area (Å²) in [5.74, 6) is -0.756. The van der Waals surface area contributed by atoms with Gasteiger partial charge in [-0.3, -0.25) is 4.79 Å². The fraction of sp³-hybridized carbons (Fsp3) is 0.467. The van der Waals surface area contributed by atoms with E-state index in [1.54, 1.807) is 12.1 Å². The molecule has 1 aromatic rings. The second-order valence-corrected chi connectivity index (χ2v) is 5.59. The Kier molecular flexibility index (Phi) is 3.12. The fourth-order valence-electron chi connectivity index (χ4n) is 3.18. The predicted molar refractivity (Wildman–Crippen MR) is 74.8 cm³/mol. The highest BCUT2D eigenvalue weighted by Crippen LogP contribution is 2.39. The number of carboxylic acid groups (broad SMARTS) is 1. The number of amides is 1. The molecule has 1 saturated heterocycles. The van der Waals surface area contributed by atoms with E-state index in [0.717, 1.165) is 30.6 Å². The highest BCUT2D eigenvalue weighted by atomic mass is 16.4. The lowest BCUT2D eigenvalue weighted by atomic mass is 9.91. The van der Waals surface area contributed by atoms with Crippen LogP contribution in [-0.2, 0) is 4.79 Å². The number of fused-ring (bicyclic) bond motifs is 1. The lowest BCUT2D eigenvalue weighted by Gasteiger charge is -2.37. The van der Waals surface area contributed by atoms with Crippen molar-refractivity contribution in [1.29, 1.82) is 0 Å². The average Bonchev–Trinajstić information content (AvgIpc) is 2.83. The number of carbonyl (C=O) groups is 2. The molecule has 20 heavy (non-hydrogen) atoms. The smallest absolute Gasteiger partial charge is 0.335 e. The normalized spacial score (nSPS) is 25.2. The number of hydrogen-bond donors (Lipinski definition) is 2. The molecule has 0 radical (unpaired) electrons. The van der Waals surface area contributed by atoms with Gasteiger partial charge in [-0.1, -0.05) is 0 Å². The highest BCUT2D eigenvalue weighted by Gasteiger charge is 2.34. The van der Waals surface area contributed by atoms with Crippen molar-refractivity contribution in [2.45, 2.75) is 38.3 Å². The van der Waals surface area contributed by atoms with Crippen LogP contribution in [0.3, 0.4) is 0 Å². The van der Waals surface area contributed by atoms with Gasteiger partial charge in [0, 0.05) is 24.7 Å². The molecular formula is C15H18N2O3. The van der Waals surface area contributed by atoms with E-state index in [9.17, 15) is 9.59 Å². The number of nitrogens with zero attached hydrogens (tertiary/aromatic N) is 1. The van der Waals surface area contributed by atoms with Crippen molar-refractivity contribution in [3.8, 4) is 0 Å². The quantitative estimate of drug-likeness (QED) is 0.868. The summed E-state index contributed by atoms with van der Waals surface area (Å²) in [5, 5.41) is 12.5. The van der Waals surface area contributed by atoms with E-state index in [0.29, 0.717) is 6.42 Å². The maximum Gasteiger partial charge on any atom is 0.335 e. The van der Waals surface area contributed by atoms with Crippen molar-refractivity contribution < 1.29 is 14.7 Å². The first-order chi connectivity index (χ1) is 9.56. The first kappa shape index (κ1) is 13.0. The predicted octanol–water partition coefficient (Wildman–Crippen LogP) is 2.25. The van der Waals surface area contributed by atoms with Crippen LogP contribution in [-0.4, -0.2) is 34.5 Å². The Morgan fingerprint density at radius 3 is 2.90 bits per heavy atom. The Morgan fingerprint density at radius 2 is 2.25 bits per heavy atom. The van der Waals surface area contributed by atoms with Crippen molar-refractivity contribution in [1.82, 2.24) is 4.90 Å². The zero-order chi connectivity index (χ0) is 14.3. The standard InChI is InChI=1S/C15H18N2O3/c1-9-7-13(17-6-2-3-14(17)18)11-8-10(15(19)20)4-5-12(11)16-9/h4-5,8-9,13,16H,2-3,6-7H2,1H3,(H,19,20)/t9-,13+/m1/s1. The van der Waals surface area contributed by atoms with Crippen LogP contribution >= 0.6 is 0 Å². The molecule has 106 valence electrons. The molecule has 1 amide bonds. The van der Waals surface area contributed by atoms with Crippen LogP contribution in [0, 0.1) is 0 Å². The minimum atomic E-state index is -0.932. The van der Waals surface area contributed by atoms with E-state index in [1.165, 1.54) is 0 Å². The molecule has 0 aromatic heterocycles. The number of hydrogen-bond acceptors (Lipinski definition) is 3. The molecule has 2 atom stereocenters.